The topological polar surface area (TPSA) is 94.3 Å². The molecule has 0 saturated heterocycles. The number of aromatic nitrogens is 5. The van der Waals surface area contributed by atoms with Gasteiger partial charge in [-0.05, 0) is 25.1 Å². The first-order chi connectivity index (χ1) is 12.2. The number of thioether (sulfide) groups is 1. The number of carbonyl (C=O) groups is 1. The molecule has 1 amide bonds. The molecule has 1 aromatic carbocycles. The van der Waals surface area contributed by atoms with Crippen molar-refractivity contribution in [3.63, 3.8) is 0 Å². The highest BCUT2D eigenvalue weighted by Crippen LogP contribution is 2.30. The highest BCUT2D eigenvalue weighted by atomic mass is 32.2. The van der Waals surface area contributed by atoms with Crippen molar-refractivity contribution in [1.29, 1.82) is 0 Å². The van der Waals surface area contributed by atoms with Gasteiger partial charge in [-0.25, -0.2) is 4.98 Å². The summed E-state index contributed by atoms with van der Waals surface area (Å²) in [6.07, 6.45) is 1.54. The Morgan fingerprint density at radius 1 is 1.40 bits per heavy atom. The molecule has 0 atom stereocenters. The maximum absolute atomic E-state index is 12.1. The molecule has 3 aromatic heterocycles. The summed E-state index contributed by atoms with van der Waals surface area (Å²) in [6, 6.07) is 5.70. The molecule has 0 aliphatic heterocycles. The zero-order valence-electron chi connectivity index (χ0n) is 13.0. The van der Waals surface area contributed by atoms with Gasteiger partial charge >= 0.3 is 0 Å². The van der Waals surface area contributed by atoms with Gasteiger partial charge in [-0.3, -0.25) is 4.79 Å². The van der Waals surface area contributed by atoms with Gasteiger partial charge in [0.1, 0.15) is 12.1 Å². The van der Waals surface area contributed by atoms with Crippen molar-refractivity contribution in [1.82, 2.24) is 24.8 Å². The second-order valence-electron chi connectivity index (χ2n) is 4.84. The van der Waals surface area contributed by atoms with Crippen LogP contribution in [0.15, 0.2) is 28.9 Å². The fourth-order valence-electron chi connectivity index (χ4n) is 2.10. The van der Waals surface area contributed by atoms with Gasteiger partial charge in [-0.15, -0.1) is 15.3 Å². The highest BCUT2D eigenvalue weighted by Gasteiger charge is 2.11. The number of nitrogens with one attached hydrogen (secondary N) is 1. The molecule has 128 valence electrons. The third-order valence-electron chi connectivity index (χ3n) is 3.11. The predicted molar refractivity (Wildman–Crippen MR) is 98.8 cm³/mol. The number of fused-ring (bicyclic) bond motifs is 2. The molecule has 1 N–H and O–H groups in total. The number of benzene rings is 1. The summed E-state index contributed by atoms with van der Waals surface area (Å²) in [5.74, 6) is 0.930. The Labute approximate surface area is 154 Å². The molecule has 0 spiro atoms. The van der Waals surface area contributed by atoms with Crippen LogP contribution in [0.4, 0.5) is 5.13 Å². The molecule has 0 fully saturated rings. The first-order valence-electron chi connectivity index (χ1n) is 7.34. The minimum Gasteiger partial charge on any atom is -0.494 e. The van der Waals surface area contributed by atoms with Gasteiger partial charge < -0.3 is 10.1 Å². The Morgan fingerprint density at radius 3 is 3.16 bits per heavy atom. The third kappa shape index (κ3) is 3.57. The SMILES string of the molecule is CCOc1ccc2nc(NC(=O)CSc3nn4cnnc4s3)sc2c1. The van der Waals surface area contributed by atoms with Crippen molar-refractivity contribution >= 4 is 60.7 Å². The second kappa shape index (κ2) is 6.94. The van der Waals surface area contributed by atoms with Crippen LogP contribution in [0.2, 0.25) is 0 Å². The van der Waals surface area contributed by atoms with Crippen LogP contribution in [-0.4, -0.2) is 43.1 Å². The van der Waals surface area contributed by atoms with Crippen LogP contribution >= 0.6 is 34.4 Å². The molecule has 25 heavy (non-hydrogen) atoms. The number of anilines is 1. The zero-order valence-corrected chi connectivity index (χ0v) is 15.5. The number of ether oxygens (including phenoxy) is 1. The van der Waals surface area contributed by atoms with Crippen LogP contribution in [0.5, 0.6) is 5.75 Å². The Bertz CT molecular complexity index is 1010. The molecular formula is C14H12N6O2S3. The lowest BCUT2D eigenvalue weighted by atomic mass is 10.3. The van der Waals surface area contributed by atoms with E-state index in [0.29, 0.717) is 16.7 Å². The van der Waals surface area contributed by atoms with E-state index in [-0.39, 0.29) is 11.7 Å². The van der Waals surface area contributed by atoms with Gasteiger partial charge in [-0.1, -0.05) is 34.4 Å². The number of hydrogen-bond donors (Lipinski definition) is 1. The van der Waals surface area contributed by atoms with Crippen LogP contribution < -0.4 is 10.1 Å². The van der Waals surface area contributed by atoms with E-state index in [0.717, 1.165) is 20.3 Å². The normalized spacial score (nSPS) is 11.2. The van der Waals surface area contributed by atoms with Gasteiger partial charge in [0.05, 0.1) is 22.6 Å². The molecule has 0 unspecified atom stereocenters. The average Bonchev–Trinajstić information content (AvgIpc) is 3.26. The zero-order chi connectivity index (χ0) is 17.2. The summed E-state index contributed by atoms with van der Waals surface area (Å²) < 4.78 is 8.82. The average molecular weight is 392 g/mol. The maximum Gasteiger partial charge on any atom is 0.236 e. The fourth-order valence-corrected chi connectivity index (χ4v) is 4.67. The molecule has 0 saturated carbocycles. The molecule has 0 aliphatic rings. The van der Waals surface area contributed by atoms with E-state index in [1.807, 2.05) is 25.1 Å². The van der Waals surface area contributed by atoms with Gasteiger partial charge in [-0.2, -0.15) is 4.52 Å². The fraction of sp³-hybridized carbons (Fsp3) is 0.214. The number of amides is 1. The highest BCUT2D eigenvalue weighted by molar-refractivity contribution is 8.01. The number of carbonyl (C=O) groups excluding carboxylic acids is 1. The van der Waals surface area contributed by atoms with E-state index in [4.69, 9.17) is 4.74 Å². The quantitative estimate of drug-likeness (QED) is 0.504. The van der Waals surface area contributed by atoms with E-state index >= 15 is 0 Å². The van der Waals surface area contributed by atoms with Gasteiger partial charge in [0.15, 0.2) is 9.47 Å². The van der Waals surface area contributed by atoms with Crippen LogP contribution in [0.3, 0.4) is 0 Å². The second-order valence-corrected chi connectivity index (χ2v) is 8.05. The van der Waals surface area contributed by atoms with Crippen molar-refractivity contribution in [3.8, 4) is 5.75 Å². The number of rotatable bonds is 6. The van der Waals surface area contributed by atoms with Crippen LogP contribution in [0, 0.1) is 0 Å². The van der Waals surface area contributed by atoms with Crippen LogP contribution in [-0.2, 0) is 4.79 Å². The van der Waals surface area contributed by atoms with Crippen molar-refractivity contribution in [3.05, 3.63) is 24.5 Å². The number of nitrogens with zero attached hydrogens (tertiary/aromatic N) is 5. The molecule has 0 aliphatic carbocycles. The minimum absolute atomic E-state index is 0.125. The third-order valence-corrected chi connectivity index (χ3v) is 6.09. The Hall–Kier alpha value is -2.24. The van der Waals surface area contributed by atoms with Gasteiger partial charge in [0.25, 0.3) is 0 Å². The number of hydrogen-bond acceptors (Lipinski definition) is 9. The summed E-state index contributed by atoms with van der Waals surface area (Å²) >= 11 is 4.18. The first-order valence-corrected chi connectivity index (χ1v) is 9.96. The van der Waals surface area contributed by atoms with Crippen molar-refractivity contribution in [2.24, 2.45) is 0 Å². The van der Waals surface area contributed by atoms with E-state index < -0.39 is 0 Å². The first kappa shape index (κ1) is 16.2. The summed E-state index contributed by atoms with van der Waals surface area (Å²) in [5, 5.41) is 15.3. The lowest BCUT2D eigenvalue weighted by Crippen LogP contribution is -2.13. The summed E-state index contributed by atoms with van der Waals surface area (Å²) in [6.45, 7) is 2.55. The largest absolute Gasteiger partial charge is 0.494 e. The summed E-state index contributed by atoms with van der Waals surface area (Å²) in [4.78, 5) is 17.3. The smallest absolute Gasteiger partial charge is 0.236 e. The predicted octanol–water partition coefficient (Wildman–Crippen LogP) is 2.93. The monoisotopic (exact) mass is 392 g/mol. The van der Waals surface area contributed by atoms with E-state index in [9.17, 15) is 4.79 Å². The molecular weight excluding hydrogens is 380 g/mol. The summed E-state index contributed by atoms with van der Waals surface area (Å²) in [5.41, 5.74) is 0.838. The molecule has 11 heteroatoms. The van der Waals surface area contributed by atoms with Crippen molar-refractivity contribution in [2.45, 2.75) is 11.3 Å². The molecule has 4 rings (SSSR count). The molecule has 8 nitrogen and oxygen atoms in total. The van der Waals surface area contributed by atoms with Gasteiger partial charge in [0, 0.05) is 0 Å². The molecule has 0 bridgehead atoms. The van der Waals surface area contributed by atoms with Crippen molar-refractivity contribution in [2.75, 3.05) is 17.7 Å². The van der Waals surface area contributed by atoms with Crippen LogP contribution in [0.25, 0.3) is 15.2 Å². The molecule has 3 heterocycles. The maximum atomic E-state index is 12.1. The molecule has 4 aromatic rings. The van der Waals surface area contributed by atoms with Crippen molar-refractivity contribution < 1.29 is 9.53 Å². The van der Waals surface area contributed by atoms with Crippen LogP contribution in [0.1, 0.15) is 6.92 Å². The number of thiazole rings is 1. The standard InChI is InChI=1S/C14H12N6O2S3/c1-2-22-8-3-4-9-10(5-8)24-12(16-9)17-11(21)6-23-14-19-20-7-15-18-13(20)25-14/h3-5,7H,2,6H2,1H3,(H,16,17,21). The van der Waals surface area contributed by atoms with Gasteiger partial charge in [0.2, 0.25) is 10.9 Å². The Balaban J connectivity index is 1.39. The molecule has 0 radical (unpaired) electrons. The minimum atomic E-state index is -0.125. The Morgan fingerprint density at radius 2 is 2.32 bits per heavy atom. The van der Waals surface area contributed by atoms with E-state index in [1.165, 1.54) is 40.8 Å². The Kier molecular flexibility index (Phi) is 4.51. The lowest BCUT2D eigenvalue weighted by molar-refractivity contribution is -0.113. The summed E-state index contributed by atoms with van der Waals surface area (Å²) in [7, 11) is 0. The van der Waals surface area contributed by atoms with E-state index in [1.54, 1.807) is 4.52 Å². The van der Waals surface area contributed by atoms with E-state index in [2.05, 4.69) is 25.6 Å². The lowest BCUT2D eigenvalue weighted by Gasteiger charge is -2.00.